The molecule has 0 bridgehead atoms. The van der Waals surface area contributed by atoms with Gasteiger partial charge in [-0.2, -0.15) is 5.26 Å². The second-order valence-corrected chi connectivity index (χ2v) is 5.04. The second-order valence-electron chi connectivity index (χ2n) is 4.64. The normalized spacial score (nSPS) is 10.3. The van der Waals surface area contributed by atoms with Gasteiger partial charge in [-0.1, -0.05) is 29.8 Å². The molecule has 0 N–H and O–H groups in total. The first-order valence-electron chi connectivity index (χ1n) is 6.41. The van der Waals surface area contributed by atoms with E-state index in [4.69, 9.17) is 21.6 Å². The molecule has 2 aromatic carbocycles. The lowest BCUT2D eigenvalue weighted by Gasteiger charge is -2.09. The van der Waals surface area contributed by atoms with Gasteiger partial charge in [-0.25, -0.2) is 4.98 Å². The van der Waals surface area contributed by atoms with Crippen LogP contribution in [0.1, 0.15) is 11.3 Å². The molecule has 0 aliphatic rings. The predicted octanol–water partition coefficient (Wildman–Crippen LogP) is 4.86. The molecule has 1 heterocycles. The number of hydrogen-bond acceptors (Lipinski definition) is 3. The van der Waals surface area contributed by atoms with E-state index in [1.54, 1.807) is 18.2 Å². The topological polar surface area (TPSA) is 45.9 Å². The van der Waals surface area contributed by atoms with Gasteiger partial charge in [0.05, 0.1) is 10.6 Å². The Morgan fingerprint density at radius 3 is 2.76 bits per heavy atom. The first kappa shape index (κ1) is 13.4. The minimum atomic E-state index is 0.374. The van der Waals surface area contributed by atoms with E-state index in [-0.39, 0.29) is 0 Å². The van der Waals surface area contributed by atoms with Gasteiger partial charge in [-0.3, -0.25) is 0 Å². The number of para-hydroxylation sites is 1. The molecule has 0 amide bonds. The lowest BCUT2D eigenvalue weighted by molar-refractivity contribution is 0.487. The highest BCUT2D eigenvalue weighted by atomic mass is 35.5. The molecule has 0 fully saturated rings. The quantitative estimate of drug-likeness (QED) is 0.678. The minimum Gasteiger partial charge on any atom is -0.455 e. The van der Waals surface area contributed by atoms with Gasteiger partial charge in [-0.05, 0) is 31.2 Å². The van der Waals surface area contributed by atoms with Crippen LogP contribution in [-0.4, -0.2) is 4.98 Å². The van der Waals surface area contributed by atoms with E-state index in [1.807, 2.05) is 43.3 Å². The van der Waals surface area contributed by atoms with Crippen molar-refractivity contribution in [1.82, 2.24) is 4.98 Å². The molecular weight excluding hydrogens is 284 g/mol. The average Bonchev–Trinajstić information content (AvgIpc) is 2.48. The third kappa shape index (κ3) is 2.67. The van der Waals surface area contributed by atoms with Gasteiger partial charge >= 0.3 is 0 Å². The summed E-state index contributed by atoms with van der Waals surface area (Å²) in [5.74, 6) is 1.24. The molecule has 0 atom stereocenters. The molecule has 3 nitrogen and oxygen atoms in total. The Labute approximate surface area is 127 Å². The average molecular weight is 295 g/mol. The Morgan fingerprint density at radius 2 is 2.00 bits per heavy atom. The number of aryl methyl sites for hydroxylation is 1. The van der Waals surface area contributed by atoms with E-state index in [0.29, 0.717) is 22.1 Å². The smallest absolute Gasteiger partial charge is 0.153 e. The fourth-order valence-electron chi connectivity index (χ4n) is 2.08. The van der Waals surface area contributed by atoms with Gasteiger partial charge in [0, 0.05) is 17.1 Å². The second kappa shape index (κ2) is 5.43. The number of benzene rings is 2. The summed E-state index contributed by atoms with van der Waals surface area (Å²) in [5, 5.41) is 10.3. The van der Waals surface area contributed by atoms with Gasteiger partial charge < -0.3 is 4.74 Å². The lowest BCUT2D eigenvalue weighted by atomic mass is 10.2. The van der Waals surface area contributed by atoms with Crippen molar-refractivity contribution in [2.24, 2.45) is 0 Å². The van der Waals surface area contributed by atoms with Crippen molar-refractivity contribution in [2.75, 3.05) is 0 Å². The van der Waals surface area contributed by atoms with Crippen LogP contribution in [0.25, 0.3) is 10.9 Å². The highest BCUT2D eigenvalue weighted by Crippen LogP contribution is 2.30. The van der Waals surface area contributed by atoms with Crippen molar-refractivity contribution in [2.45, 2.75) is 6.92 Å². The van der Waals surface area contributed by atoms with Gasteiger partial charge in [0.2, 0.25) is 0 Å². The molecule has 0 unspecified atom stereocenters. The first-order chi connectivity index (χ1) is 10.2. The number of hydrogen-bond donors (Lipinski definition) is 0. The summed E-state index contributed by atoms with van der Waals surface area (Å²) in [7, 11) is 0. The maximum absolute atomic E-state index is 8.89. The first-order valence-corrected chi connectivity index (χ1v) is 6.79. The molecule has 0 aliphatic carbocycles. The Morgan fingerprint density at radius 1 is 1.14 bits per heavy atom. The van der Waals surface area contributed by atoms with Gasteiger partial charge in [0.1, 0.15) is 17.3 Å². The van der Waals surface area contributed by atoms with E-state index in [1.165, 1.54) is 0 Å². The van der Waals surface area contributed by atoms with E-state index < -0.39 is 0 Å². The van der Waals surface area contributed by atoms with Crippen molar-refractivity contribution in [3.8, 4) is 17.6 Å². The molecule has 0 saturated heterocycles. The van der Waals surface area contributed by atoms with Crippen molar-refractivity contribution < 1.29 is 4.74 Å². The molecule has 0 radical (unpaired) electrons. The van der Waals surface area contributed by atoms with E-state index in [0.717, 1.165) is 16.6 Å². The van der Waals surface area contributed by atoms with Crippen LogP contribution in [0, 0.1) is 18.3 Å². The summed E-state index contributed by atoms with van der Waals surface area (Å²) in [6.45, 7) is 1.94. The van der Waals surface area contributed by atoms with Crippen LogP contribution >= 0.6 is 11.6 Å². The van der Waals surface area contributed by atoms with Crippen molar-refractivity contribution >= 4 is 22.5 Å². The highest BCUT2D eigenvalue weighted by Gasteiger charge is 2.07. The molecule has 1 aromatic heterocycles. The fraction of sp³-hybridized carbons (Fsp3) is 0.0588. The van der Waals surface area contributed by atoms with Gasteiger partial charge in [0.15, 0.2) is 5.75 Å². The SMILES string of the molecule is Cc1ccc2cccc(Oc3ccc(C#N)c(Cl)c3)c2n1. The summed E-state index contributed by atoms with van der Waals surface area (Å²) < 4.78 is 5.87. The number of halogens is 1. The summed E-state index contributed by atoms with van der Waals surface area (Å²) >= 11 is 6.02. The monoisotopic (exact) mass is 294 g/mol. The third-order valence-electron chi connectivity index (χ3n) is 3.11. The zero-order chi connectivity index (χ0) is 14.8. The van der Waals surface area contributed by atoms with E-state index >= 15 is 0 Å². The van der Waals surface area contributed by atoms with Crippen LogP contribution < -0.4 is 4.74 Å². The summed E-state index contributed by atoms with van der Waals surface area (Å²) in [5.41, 5.74) is 2.16. The molecular formula is C17H11ClN2O. The summed E-state index contributed by atoms with van der Waals surface area (Å²) in [6, 6.07) is 16.8. The Kier molecular flexibility index (Phi) is 3.47. The number of nitrogens with zero attached hydrogens (tertiary/aromatic N) is 2. The maximum Gasteiger partial charge on any atom is 0.153 e. The highest BCUT2D eigenvalue weighted by molar-refractivity contribution is 6.31. The molecule has 0 aliphatic heterocycles. The van der Waals surface area contributed by atoms with Crippen LogP contribution in [0.4, 0.5) is 0 Å². The third-order valence-corrected chi connectivity index (χ3v) is 3.42. The Balaban J connectivity index is 2.04. The number of ether oxygens (including phenoxy) is 1. The van der Waals surface area contributed by atoms with Crippen LogP contribution in [0.3, 0.4) is 0 Å². The summed E-state index contributed by atoms with van der Waals surface area (Å²) in [4.78, 5) is 4.52. The summed E-state index contributed by atoms with van der Waals surface area (Å²) in [6.07, 6.45) is 0. The van der Waals surface area contributed by atoms with Crippen LogP contribution in [0.15, 0.2) is 48.5 Å². The van der Waals surface area contributed by atoms with Crippen LogP contribution in [-0.2, 0) is 0 Å². The molecule has 0 saturated carbocycles. The zero-order valence-electron chi connectivity index (χ0n) is 11.3. The molecule has 3 rings (SSSR count). The van der Waals surface area contributed by atoms with E-state index in [9.17, 15) is 0 Å². The van der Waals surface area contributed by atoms with E-state index in [2.05, 4.69) is 4.98 Å². The van der Waals surface area contributed by atoms with Crippen molar-refractivity contribution in [3.63, 3.8) is 0 Å². The van der Waals surface area contributed by atoms with Crippen LogP contribution in [0.5, 0.6) is 11.5 Å². The zero-order valence-corrected chi connectivity index (χ0v) is 12.1. The van der Waals surface area contributed by atoms with Crippen molar-refractivity contribution in [1.29, 1.82) is 5.26 Å². The number of pyridine rings is 1. The number of rotatable bonds is 2. The largest absolute Gasteiger partial charge is 0.455 e. The molecule has 102 valence electrons. The Hall–Kier alpha value is -2.57. The molecule has 21 heavy (non-hydrogen) atoms. The number of nitriles is 1. The minimum absolute atomic E-state index is 0.374. The van der Waals surface area contributed by atoms with Crippen molar-refractivity contribution in [3.05, 3.63) is 64.8 Å². The van der Waals surface area contributed by atoms with Gasteiger partial charge in [0.25, 0.3) is 0 Å². The fourth-order valence-corrected chi connectivity index (χ4v) is 2.29. The van der Waals surface area contributed by atoms with Crippen LogP contribution in [0.2, 0.25) is 5.02 Å². The number of fused-ring (bicyclic) bond motifs is 1. The molecule has 0 spiro atoms. The standard InChI is InChI=1S/C17H11ClN2O/c1-11-5-6-12-3-2-4-16(17(12)20-11)21-14-8-7-13(10-19)15(18)9-14/h2-9H,1H3. The maximum atomic E-state index is 8.89. The van der Waals surface area contributed by atoms with Gasteiger partial charge in [-0.15, -0.1) is 0 Å². The molecule has 3 aromatic rings. The predicted molar refractivity (Wildman–Crippen MR) is 82.7 cm³/mol. The molecule has 4 heteroatoms. The Bertz CT molecular complexity index is 868. The number of aromatic nitrogens is 1. The lowest BCUT2D eigenvalue weighted by Crippen LogP contribution is -1.90.